The monoisotopic (exact) mass is 432 g/mol. The van der Waals surface area contributed by atoms with Crippen LogP contribution in [-0.4, -0.2) is 0 Å². The van der Waals surface area contributed by atoms with E-state index in [0.29, 0.717) is 1.93 Å². The van der Waals surface area contributed by atoms with Gasteiger partial charge in [0.2, 0.25) is 0 Å². The minimum Gasteiger partial charge on any atom is -0.0657 e. The van der Waals surface area contributed by atoms with Crippen molar-refractivity contribution < 1.29 is 0 Å². The summed E-state index contributed by atoms with van der Waals surface area (Å²) in [5.74, 6) is 0. The molecule has 0 bridgehead atoms. The molecule has 0 heterocycles. The second-order valence-electron chi connectivity index (χ2n) is 4.05. The zero-order valence-corrected chi connectivity index (χ0v) is 12.9. The van der Waals surface area contributed by atoms with Gasteiger partial charge in [0.25, 0.3) is 0 Å². The molecule has 3 rings (SSSR count). The van der Waals surface area contributed by atoms with Crippen LogP contribution in [0.2, 0.25) is 0 Å². The second kappa shape index (κ2) is 4.29. The van der Waals surface area contributed by atoms with E-state index in [1.54, 1.807) is 0 Å². The van der Waals surface area contributed by atoms with Crippen LogP contribution >= 0.6 is 45.2 Å². The first kappa shape index (κ1) is 11.0. The van der Waals surface area contributed by atoms with Gasteiger partial charge in [0, 0.05) is 0 Å². The summed E-state index contributed by atoms with van der Waals surface area (Å²) in [7, 11) is 0. The minimum atomic E-state index is 0.559. The van der Waals surface area contributed by atoms with Crippen molar-refractivity contribution in [2.24, 2.45) is 0 Å². The summed E-state index contributed by atoms with van der Waals surface area (Å²) in [4.78, 5) is 0. The average Bonchev–Trinajstić information content (AvgIpc) is 2.66. The largest absolute Gasteiger partial charge is 0.0875 e. The van der Waals surface area contributed by atoms with Crippen LogP contribution in [0, 0.1) is 0 Å². The molecule has 0 unspecified atom stereocenters. The Morgan fingerprint density at radius 1 is 0.875 bits per heavy atom. The molecule has 1 aliphatic rings. The van der Waals surface area contributed by atoms with Crippen LogP contribution in [-0.2, 0) is 6.42 Å². The van der Waals surface area contributed by atoms with E-state index in [-0.39, 0.29) is 0 Å². The summed E-state index contributed by atoms with van der Waals surface area (Å²) in [6.07, 6.45) is 1.10. The highest BCUT2D eigenvalue weighted by Crippen LogP contribution is 2.39. The van der Waals surface area contributed by atoms with Gasteiger partial charge in [-0.2, -0.15) is 0 Å². The molecule has 2 aromatic carbocycles. The molecule has 0 saturated heterocycles. The molecule has 0 aliphatic heterocycles. The molecular formula is C14H10I2. The number of halogens is 2. The summed E-state index contributed by atoms with van der Waals surface area (Å²) >= 11 is 4.92. The highest BCUT2D eigenvalue weighted by atomic mass is 127. The van der Waals surface area contributed by atoms with Gasteiger partial charge in [0.1, 0.15) is 0 Å². The minimum absolute atomic E-state index is 0.559. The highest BCUT2D eigenvalue weighted by Gasteiger charge is 2.18. The van der Waals surface area contributed by atoms with Crippen molar-refractivity contribution in [3.63, 3.8) is 0 Å². The summed E-state index contributed by atoms with van der Waals surface area (Å²) < 4.78 is 0.559. The van der Waals surface area contributed by atoms with Crippen molar-refractivity contribution in [3.05, 3.63) is 59.2 Å². The summed E-state index contributed by atoms with van der Waals surface area (Å²) in [5, 5.41) is 0. The van der Waals surface area contributed by atoms with E-state index in [4.69, 9.17) is 0 Å². The van der Waals surface area contributed by atoms with Crippen molar-refractivity contribution >= 4 is 45.2 Å². The lowest BCUT2D eigenvalue weighted by Crippen LogP contribution is -1.85. The number of alkyl halides is 2. The maximum atomic E-state index is 2.46. The molecule has 1 aliphatic carbocycles. The van der Waals surface area contributed by atoms with Gasteiger partial charge < -0.3 is 0 Å². The van der Waals surface area contributed by atoms with E-state index < -0.39 is 0 Å². The average molecular weight is 432 g/mol. The predicted octanol–water partition coefficient (Wildman–Crippen LogP) is 5.13. The molecule has 0 nitrogen and oxygen atoms in total. The molecule has 0 atom stereocenters. The Morgan fingerprint density at radius 2 is 1.62 bits per heavy atom. The van der Waals surface area contributed by atoms with Gasteiger partial charge in [-0.3, -0.25) is 0 Å². The molecule has 2 aromatic rings. The third-order valence-corrected chi connectivity index (χ3v) is 4.51. The summed E-state index contributed by atoms with van der Waals surface area (Å²) in [5.41, 5.74) is 7.22. The van der Waals surface area contributed by atoms with E-state index in [1.165, 1.54) is 27.8 Å². The first-order valence-electron chi connectivity index (χ1n) is 5.25. The fourth-order valence-electron chi connectivity index (χ4n) is 2.30. The standard InChI is InChI=1S/C14H10I2/c15-14(16)10-5-6-13-11(8-10)7-9-3-1-2-4-12(9)13/h1-6,8,14H,7H2. The Balaban J connectivity index is 2.14. The van der Waals surface area contributed by atoms with Gasteiger partial charge >= 0.3 is 0 Å². The highest BCUT2D eigenvalue weighted by molar-refractivity contribution is 14.2. The molecule has 0 aromatic heterocycles. The van der Waals surface area contributed by atoms with Gasteiger partial charge in [-0.25, -0.2) is 0 Å². The smallest absolute Gasteiger partial charge is 0.0657 e. The van der Waals surface area contributed by atoms with Gasteiger partial charge in [-0.15, -0.1) is 0 Å². The lowest BCUT2D eigenvalue weighted by molar-refractivity contribution is 1.25. The van der Waals surface area contributed by atoms with E-state index in [0.717, 1.165) is 6.42 Å². The molecule has 0 amide bonds. The number of benzene rings is 2. The van der Waals surface area contributed by atoms with E-state index >= 15 is 0 Å². The van der Waals surface area contributed by atoms with Crippen LogP contribution in [0.3, 0.4) is 0 Å². The normalized spacial score (nSPS) is 12.7. The van der Waals surface area contributed by atoms with Crippen molar-refractivity contribution in [1.29, 1.82) is 0 Å². The van der Waals surface area contributed by atoms with Crippen molar-refractivity contribution in [1.82, 2.24) is 0 Å². The second-order valence-corrected chi connectivity index (χ2v) is 8.93. The fourth-order valence-corrected chi connectivity index (χ4v) is 3.08. The van der Waals surface area contributed by atoms with Crippen LogP contribution in [0.5, 0.6) is 0 Å². The predicted molar refractivity (Wildman–Crippen MR) is 85.5 cm³/mol. The van der Waals surface area contributed by atoms with E-state index in [2.05, 4.69) is 87.6 Å². The Labute approximate surface area is 123 Å². The molecule has 0 saturated carbocycles. The molecule has 0 radical (unpaired) electrons. The lowest BCUT2D eigenvalue weighted by Gasteiger charge is -2.05. The number of rotatable bonds is 1. The maximum absolute atomic E-state index is 2.46. The first-order valence-corrected chi connectivity index (χ1v) is 7.74. The third-order valence-electron chi connectivity index (χ3n) is 3.07. The third kappa shape index (κ3) is 1.79. The Bertz CT molecular complexity index is 544. The van der Waals surface area contributed by atoms with Gasteiger partial charge in [0.15, 0.2) is 0 Å². The zero-order chi connectivity index (χ0) is 11.1. The SMILES string of the molecule is IC(I)c1ccc2c(c1)Cc1ccccc1-2. The van der Waals surface area contributed by atoms with Crippen LogP contribution in [0.15, 0.2) is 42.5 Å². The van der Waals surface area contributed by atoms with E-state index in [9.17, 15) is 0 Å². The maximum Gasteiger partial charge on any atom is 0.0875 e. The van der Waals surface area contributed by atoms with Gasteiger partial charge in [-0.1, -0.05) is 87.6 Å². The summed E-state index contributed by atoms with van der Waals surface area (Å²) in [6.45, 7) is 0. The van der Waals surface area contributed by atoms with Gasteiger partial charge in [0.05, 0.1) is 1.93 Å². The Hall–Kier alpha value is -0.1000. The Kier molecular flexibility index (Phi) is 2.96. The van der Waals surface area contributed by atoms with Crippen LogP contribution in [0.1, 0.15) is 18.6 Å². The van der Waals surface area contributed by atoms with Gasteiger partial charge in [-0.05, 0) is 34.2 Å². The zero-order valence-electron chi connectivity index (χ0n) is 8.58. The quantitative estimate of drug-likeness (QED) is 0.370. The van der Waals surface area contributed by atoms with Crippen LogP contribution in [0.25, 0.3) is 11.1 Å². The molecular weight excluding hydrogens is 422 g/mol. The molecule has 16 heavy (non-hydrogen) atoms. The lowest BCUT2D eigenvalue weighted by atomic mass is 10.0. The number of hydrogen-bond donors (Lipinski definition) is 0. The molecule has 2 heteroatoms. The summed E-state index contributed by atoms with van der Waals surface area (Å²) in [6, 6.07) is 15.6. The number of fused-ring (bicyclic) bond motifs is 3. The molecule has 0 fully saturated rings. The van der Waals surface area contributed by atoms with Crippen molar-refractivity contribution in [2.45, 2.75) is 8.35 Å². The molecule has 0 N–H and O–H groups in total. The van der Waals surface area contributed by atoms with Crippen LogP contribution < -0.4 is 0 Å². The first-order chi connectivity index (χ1) is 7.75. The van der Waals surface area contributed by atoms with Crippen LogP contribution in [0.4, 0.5) is 0 Å². The van der Waals surface area contributed by atoms with Crippen molar-refractivity contribution in [2.75, 3.05) is 0 Å². The molecule has 80 valence electrons. The topological polar surface area (TPSA) is 0 Å². The number of hydrogen-bond acceptors (Lipinski definition) is 0. The van der Waals surface area contributed by atoms with Crippen molar-refractivity contribution in [3.8, 4) is 11.1 Å². The van der Waals surface area contributed by atoms with E-state index in [1.807, 2.05) is 0 Å². The fraction of sp³-hybridized carbons (Fsp3) is 0.143. The molecule has 0 spiro atoms. The Morgan fingerprint density at radius 3 is 2.44 bits per heavy atom.